The largest absolute Gasteiger partial charge is 0.428 e. The Morgan fingerprint density at radius 1 is 1.27 bits per heavy atom. The molecule has 0 saturated heterocycles. The molecule has 1 nitrogen and oxygen atoms in total. The van der Waals surface area contributed by atoms with Crippen molar-refractivity contribution in [1.82, 2.24) is 0 Å². The topological polar surface area (TPSA) is 12.4 Å². The van der Waals surface area contributed by atoms with Crippen LogP contribution in [0.15, 0.2) is 29.3 Å². The Labute approximate surface area is 90.6 Å². The van der Waals surface area contributed by atoms with Gasteiger partial charge in [-0.3, -0.25) is 4.99 Å². The Hall–Kier alpha value is -1.03. The lowest BCUT2D eigenvalue weighted by Gasteiger charge is -2.05. The second kappa shape index (κ2) is 4.66. The number of halogens is 4. The Balaban J connectivity index is 2.68. The summed E-state index contributed by atoms with van der Waals surface area (Å²) in [4.78, 5) is 3.44. The van der Waals surface area contributed by atoms with Gasteiger partial charge in [0.05, 0.1) is 6.54 Å². The van der Waals surface area contributed by atoms with Gasteiger partial charge in [0.25, 0.3) is 0 Å². The van der Waals surface area contributed by atoms with E-state index in [0.717, 1.165) is 6.92 Å². The fourth-order valence-corrected chi connectivity index (χ4v) is 1.02. The van der Waals surface area contributed by atoms with E-state index in [1.807, 2.05) is 0 Å². The third kappa shape index (κ3) is 3.91. The molecular weight excluding hydrogens is 227 g/mol. The average Bonchev–Trinajstić information content (AvgIpc) is 2.15. The summed E-state index contributed by atoms with van der Waals surface area (Å²) in [6.45, 7) is 0.971. The monoisotopic (exact) mass is 235 g/mol. The molecule has 0 radical (unpaired) electrons. The van der Waals surface area contributed by atoms with Crippen LogP contribution in [0.4, 0.5) is 13.2 Å². The Kier molecular flexibility index (Phi) is 3.74. The molecule has 0 heterocycles. The van der Waals surface area contributed by atoms with E-state index in [1.165, 1.54) is 0 Å². The number of aliphatic imine (C=N–C) groups is 1. The molecule has 0 aliphatic carbocycles. The lowest BCUT2D eigenvalue weighted by molar-refractivity contribution is -0.0594. The second-order valence-electron chi connectivity index (χ2n) is 3.03. The predicted molar refractivity (Wildman–Crippen MR) is 54.3 cm³/mol. The van der Waals surface area contributed by atoms with Crippen LogP contribution in [0, 0.1) is 0 Å². The molecule has 0 spiro atoms. The molecule has 0 atom stereocenters. The Morgan fingerprint density at radius 3 is 2.27 bits per heavy atom. The molecule has 15 heavy (non-hydrogen) atoms. The van der Waals surface area contributed by atoms with Gasteiger partial charge >= 0.3 is 6.18 Å². The normalized spacial score (nSPS) is 13.0. The van der Waals surface area contributed by atoms with Crippen molar-refractivity contribution in [3.8, 4) is 0 Å². The third-order valence-corrected chi connectivity index (χ3v) is 2.07. The molecule has 5 heteroatoms. The first-order valence-corrected chi connectivity index (χ1v) is 4.60. The number of hydrogen-bond donors (Lipinski definition) is 0. The Bertz CT molecular complexity index is 354. The van der Waals surface area contributed by atoms with Crippen molar-refractivity contribution < 1.29 is 13.2 Å². The molecule has 0 aliphatic heterocycles. The van der Waals surface area contributed by atoms with Crippen LogP contribution in [0.3, 0.4) is 0 Å². The first-order valence-electron chi connectivity index (χ1n) is 4.22. The maximum atomic E-state index is 12.1. The van der Waals surface area contributed by atoms with E-state index < -0.39 is 11.9 Å². The van der Waals surface area contributed by atoms with Gasteiger partial charge in [-0.05, 0) is 24.6 Å². The number of alkyl halides is 3. The highest BCUT2D eigenvalue weighted by molar-refractivity contribution is 6.30. The standard InChI is InChI=1S/C10H9ClF3N/c1-7(10(12,13)14)15-6-8-2-4-9(11)5-3-8/h2-5H,6H2,1H3. The zero-order valence-electron chi connectivity index (χ0n) is 7.98. The summed E-state index contributed by atoms with van der Waals surface area (Å²) in [5.41, 5.74) is -0.125. The van der Waals surface area contributed by atoms with Crippen LogP contribution in [0.5, 0.6) is 0 Å². The van der Waals surface area contributed by atoms with E-state index >= 15 is 0 Å². The first kappa shape index (κ1) is 12.0. The maximum absolute atomic E-state index is 12.1. The molecule has 0 saturated carbocycles. The molecule has 0 N–H and O–H groups in total. The van der Waals surface area contributed by atoms with Gasteiger partial charge in [0.1, 0.15) is 5.71 Å². The van der Waals surface area contributed by atoms with Crippen LogP contribution < -0.4 is 0 Å². The molecule has 1 aromatic rings. The van der Waals surface area contributed by atoms with Crippen molar-refractivity contribution in [3.05, 3.63) is 34.9 Å². The van der Waals surface area contributed by atoms with Crippen LogP contribution >= 0.6 is 11.6 Å². The van der Waals surface area contributed by atoms with Gasteiger partial charge in [-0.1, -0.05) is 23.7 Å². The number of nitrogens with zero attached hydrogens (tertiary/aromatic N) is 1. The van der Waals surface area contributed by atoms with Gasteiger partial charge in [0.2, 0.25) is 0 Å². The van der Waals surface area contributed by atoms with Crippen molar-refractivity contribution in [2.75, 3.05) is 0 Å². The van der Waals surface area contributed by atoms with Gasteiger partial charge in [-0.15, -0.1) is 0 Å². The molecule has 0 fully saturated rings. The van der Waals surface area contributed by atoms with Crippen LogP contribution in [0.25, 0.3) is 0 Å². The molecule has 1 rings (SSSR count). The summed E-state index contributed by atoms with van der Waals surface area (Å²) in [5, 5.41) is 0.551. The summed E-state index contributed by atoms with van der Waals surface area (Å²) in [7, 11) is 0. The van der Waals surface area contributed by atoms with Crippen molar-refractivity contribution in [1.29, 1.82) is 0 Å². The SMILES string of the molecule is CC(=NCc1ccc(Cl)cc1)C(F)(F)F. The highest BCUT2D eigenvalue weighted by Gasteiger charge is 2.31. The van der Waals surface area contributed by atoms with E-state index in [0.29, 0.717) is 10.6 Å². The molecule has 0 amide bonds. The van der Waals surface area contributed by atoms with Crippen LogP contribution in [0.2, 0.25) is 5.02 Å². The summed E-state index contributed by atoms with van der Waals surface area (Å²) in [6, 6.07) is 6.54. The van der Waals surface area contributed by atoms with Gasteiger partial charge in [-0.25, -0.2) is 0 Å². The van der Waals surface area contributed by atoms with Crippen molar-refractivity contribution in [2.24, 2.45) is 4.99 Å². The molecule has 0 bridgehead atoms. The molecular formula is C10H9ClF3N. The van der Waals surface area contributed by atoms with Gasteiger partial charge in [-0.2, -0.15) is 13.2 Å². The molecule has 0 unspecified atom stereocenters. The first-order chi connectivity index (χ1) is 6.89. The number of rotatable bonds is 2. The predicted octanol–water partition coefficient (Wildman–Crippen LogP) is 3.86. The lowest BCUT2D eigenvalue weighted by Crippen LogP contribution is -2.19. The molecule has 0 aromatic heterocycles. The summed E-state index contributed by atoms with van der Waals surface area (Å²) < 4.78 is 36.2. The second-order valence-corrected chi connectivity index (χ2v) is 3.46. The highest BCUT2D eigenvalue weighted by atomic mass is 35.5. The minimum atomic E-state index is -4.34. The van der Waals surface area contributed by atoms with Crippen LogP contribution in [-0.4, -0.2) is 11.9 Å². The number of hydrogen-bond acceptors (Lipinski definition) is 1. The lowest BCUT2D eigenvalue weighted by atomic mass is 10.2. The smallest absolute Gasteiger partial charge is 0.280 e. The van der Waals surface area contributed by atoms with E-state index in [9.17, 15) is 13.2 Å². The van der Waals surface area contributed by atoms with E-state index in [2.05, 4.69) is 4.99 Å². The molecule has 0 aliphatic rings. The zero-order valence-corrected chi connectivity index (χ0v) is 8.73. The van der Waals surface area contributed by atoms with Gasteiger partial charge in [0, 0.05) is 5.02 Å². The van der Waals surface area contributed by atoms with Crippen LogP contribution in [0.1, 0.15) is 12.5 Å². The molecule has 1 aromatic carbocycles. The summed E-state index contributed by atoms with van der Waals surface area (Å²) in [5.74, 6) is 0. The van der Waals surface area contributed by atoms with E-state index in [-0.39, 0.29) is 6.54 Å². The minimum Gasteiger partial charge on any atom is -0.280 e. The number of benzene rings is 1. The van der Waals surface area contributed by atoms with Crippen molar-refractivity contribution in [3.63, 3.8) is 0 Å². The fourth-order valence-electron chi connectivity index (χ4n) is 0.889. The quantitative estimate of drug-likeness (QED) is 0.690. The zero-order chi connectivity index (χ0) is 11.5. The maximum Gasteiger partial charge on any atom is 0.428 e. The van der Waals surface area contributed by atoms with Gasteiger partial charge in [0.15, 0.2) is 0 Å². The minimum absolute atomic E-state index is 0.0164. The highest BCUT2D eigenvalue weighted by Crippen LogP contribution is 2.18. The van der Waals surface area contributed by atoms with Crippen molar-refractivity contribution >= 4 is 17.3 Å². The Morgan fingerprint density at radius 2 is 1.80 bits per heavy atom. The summed E-state index contributed by atoms with van der Waals surface area (Å²) in [6.07, 6.45) is -4.34. The van der Waals surface area contributed by atoms with E-state index in [1.54, 1.807) is 24.3 Å². The molecule has 82 valence electrons. The third-order valence-electron chi connectivity index (χ3n) is 1.82. The average molecular weight is 236 g/mol. The van der Waals surface area contributed by atoms with E-state index in [4.69, 9.17) is 11.6 Å². The van der Waals surface area contributed by atoms with Crippen LogP contribution in [-0.2, 0) is 6.54 Å². The van der Waals surface area contributed by atoms with Gasteiger partial charge < -0.3 is 0 Å². The fraction of sp³-hybridized carbons (Fsp3) is 0.300. The van der Waals surface area contributed by atoms with Crippen molar-refractivity contribution in [2.45, 2.75) is 19.6 Å². The summed E-state index contributed by atoms with van der Waals surface area (Å²) >= 11 is 5.63.